The van der Waals surface area contributed by atoms with Gasteiger partial charge in [0.05, 0.1) is 40.6 Å². The Bertz CT molecular complexity index is 2260. The molecule has 0 radical (unpaired) electrons. The third kappa shape index (κ3) is 17.1. The van der Waals surface area contributed by atoms with E-state index in [1.54, 1.807) is 69.3 Å². The van der Waals surface area contributed by atoms with Gasteiger partial charge in [-0.15, -0.1) is 13.2 Å². The Morgan fingerprint density at radius 2 is 1.27 bits per heavy atom. The van der Waals surface area contributed by atoms with Crippen LogP contribution in [-0.4, -0.2) is 101 Å². The Morgan fingerprint density at radius 1 is 0.803 bits per heavy atom. The zero-order valence-corrected chi connectivity index (χ0v) is 38.4. The molecule has 0 spiro atoms. The number of hydrogen-bond acceptors (Lipinski definition) is 11. The van der Waals surface area contributed by atoms with Gasteiger partial charge in [0, 0.05) is 31.3 Å². The minimum atomic E-state index is -3.40. The molecule has 1 aliphatic heterocycles. The molecule has 364 valence electrons. The molecule has 2 aliphatic rings. The molecule has 0 bridgehead atoms. The second-order valence-corrected chi connectivity index (χ2v) is 17.4. The lowest BCUT2D eigenvalue weighted by Gasteiger charge is -2.26. The number of benzene rings is 2. The van der Waals surface area contributed by atoms with E-state index in [2.05, 4.69) is 66.1 Å². The molecule has 1 aliphatic carbocycles. The Labute approximate surface area is 388 Å². The quantitative estimate of drug-likeness (QED) is 0.0774. The van der Waals surface area contributed by atoms with Crippen molar-refractivity contribution in [3.05, 3.63) is 90.4 Å². The lowest BCUT2D eigenvalue weighted by molar-refractivity contribution is -0.142. The van der Waals surface area contributed by atoms with E-state index in [1.165, 1.54) is 0 Å². The monoisotopic (exact) mass is 950 g/mol. The summed E-state index contributed by atoms with van der Waals surface area (Å²) < 4.78 is 68.0. The van der Waals surface area contributed by atoms with Gasteiger partial charge >= 0.3 is 18.0 Å². The van der Waals surface area contributed by atoms with Crippen molar-refractivity contribution in [1.82, 2.24) is 30.2 Å². The number of nitrogens with zero attached hydrogens (tertiary/aromatic N) is 5. The molecule has 3 heterocycles. The van der Waals surface area contributed by atoms with Crippen molar-refractivity contribution in [3.63, 3.8) is 0 Å². The molecule has 19 heteroatoms. The summed E-state index contributed by atoms with van der Waals surface area (Å²) in [6.07, 6.45) is 0.538. The molecular formula is C47H63ClF4N6O8. The van der Waals surface area contributed by atoms with Crippen molar-refractivity contribution < 1.29 is 56.7 Å². The van der Waals surface area contributed by atoms with Crippen LogP contribution in [0.3, 0.4) is 0 Å². The van der Waals surface area contributed by atoms with Crippen molar-refractivity contribution >= 4 is 51.7 Å². The van der Waals surface area contributed by atoms with E-state index in [-0.39, 0.29) is 43.1 Å². The molecule has 1 saturated carbocycles. The number of ether oxygens (including phenoxy) is 2. The van der Waals surface area contributed by atoms with E-state index in [0.717, 1.165) is 17.1 Å². The van der Waals surface area contributed by atoms with Crippen molar-refractivity contribution in [1.29, 1.82) is 0 Å². The van der Waals surface area contributed by atoms with E-state index < -0.39 is 77.7 Å². The number of aliphatic hydroxyl groups is 1. The summed E-state index contributed by atoms with van der Waals surface area (Å²) in [7, 11) is 0. The average molecular weight is 951 g/mol. The topological polar surface area (TPSA) is 197 Å². The van der Waals surface area contributed by atoms with Crippen LogP contribution >= 0.6 is 11.6 Å². The number of aliphatic carboxylic acids is 2. The van der Waals surface area contributed by atoms with Crippen LogP contribution in [-0.2, 0) is 26.2 Å². The number of rotatable bonds is 12. The molecule has 4 N–H and O–H groups in total. The van der Waals surface area contributed by atoms with Gasteiger partial charge < -0.3 is 30.1 Å². The number of carboxylic acid groups (broad SMARTS) is 2. The largest absolute Gasteiger partial charge is 0.481 e. The highest BCUT2D eigenvalue weighted by Crippen LogP contribution is 2.38. The summed E-state index contributed by atoms with van der Waals surface area (Å²) in [4.78, 5) is 51.5. The molecular weight excluding hydrogens is 888 g/mol. The maximum Gasteiger partial charge on any atom is 0.411 e. The predicted octanol–water partition coefficient (Wildman–Crippen LogP) is 10.4. The summed E-state index contributed by atoms with van der Waals surface area (Å²) in [5.41, 5.74) is -0.494. The van der Waals surface area contributed by atoms with Gasteiger partial charge in [0.2, 0.25) is 5.88 Å². The van der Waals surface area contributed by atoms with Crippen LogP contribution in [0.1, 0.15) is 106 Å². The second kappa shape index (κ2) is 24.9. The molecule has 14 nitrogen and oxygen atoms in total. The Kier molecular flexibility index (Phi) is 21.4. The first-order valence-electron chi connectivity index (χ1n) is 21.0. The van der Waals surface area contributed by atoms with E-state index in [9.17, 15) is 37.1 Å². The third-order valence-electron chi connectivity index (χ3n) is 9.44. The first-order valence-corrected chi connectivity index (χ1v) is 21.4. The van der Waals surface area contributed by atoms with Crippen LogP contribution in [0.15, 0.2) is 73.8 Å². The Morgan fingerprint density at radius 3 is 1.67 bits per heavy atom. The minimum Gasteiger partial charge on any atom is -0.481 e. The number of carboxylic acids is 2. The summed E-state index contributed by atoms with van der Waals surface area (Å²) >= 11 is 5.74. The van der Waals surface area contributed by atoms with Gasteiger partial charge in [-0.05, 0) is 64.3 Å². The number of nitrogens with one attached hydrogen (secondary N) is 1. The highest BCUT2D eigenvalue weighted by Gasteiger charge is 2.45. The fourth-order valence-corrected chi connectivity index (χ4v) is 6.99. The molecule has 66 heavy (non-hydrogen) atoms. The number of alkyl halides is 4. The van der Waals surface area contributed by atoms with Crippen molar-refractivity contribution in [2.24, 2.45) is 5.92 Å². The molecule has 2 fully saturated rings. The summed E-state index contributed by atoms with van der Waals surface area (Å²) in [5, 5.41) is 29.9. The average Bonchev–Trinajstić information content (AvgIpc) is 3.84. The first-order chi connectivity index (χ1) is 30.3. The number of aliphatic hydroxyl groups excluding tert-OH is 1. The number of aromatic nitrogens is 4. The van der Waals surface area contributed by atoms with Crippen LogP contribution in [0, 0.1) is 5.92 Å². The summed E-state index contributed by atoms with van der Waals surface area (Å²) in [6.45, 7) is 20.1. The van der Waals surface area contributed by atoms with Gasteiger partial charge in [0.15, 0.2) is 10.8 Å². The first kappa shape index (κ1) is 56.7. The normalized spacial score (nSPS) is 18.2. The molecule has 4 atom stereocenters. The van der Waals surface area contributed by atoms with Crippen LogP contribution < -0.4 is 10.1 Å². The zero-order chi connectivity index (χ0) is 48.9. The van der Waals surface area contributed by atoms with Gasteiger partial charge in [-0.3, -0.25) is 9.69 Å². The van der Waals surface area contributed by atoms with Gasteiger partial charge in [-0.1, -0.05) is 83.1 Å². The number of fused-ring (bicyclic) bond motifs is 2. The van der Waals surface area contributed by atoms with Gasteiger partial charge in [0.1, 0.15) is 23.4 Å². The maximum absolute atomic E-state index is 14.8. The Hall–Kier alpha value is -5.46. The molecule has 2 aromatic heterocycles. The van der Waals surface area contributed by atoms with Gasteiger partial charge in [0.25, 0.3) is 11.8 Å². The van der Waals surface area contributed by atoms with Crippen molar-refractivity contribution in [2.45, 2.75) is 142 Å². The molecule has 2 aromatic carbocycles. The highest BCUT2D eigenvalue weighted by atomic mass is 35.5. The maximum atomic E-state index is 14.8. The highest BCUT2D eigenvalue weighted by molar-refractivity contribution is 6.30. The zero-order valence-electron chi connectivity index (χ0n) is 37.6. The summed E-state index contributed by atoms with van der Waals surface area (Å²) in [5.74, 6) is -9.26. The lowest BCUT2D eigenvalue weighted by atomic mass is 10.1. The number of carbonyl (C=O) groups excluding carboxylic acids is 1. The number of amides is 1. The van der Waals surface area contributed by atoms with E-state index in [4.69, 9.17) is 31.3 Å². The molecule has 4 aromatic rings. The number of para-hydroxylation sites is 4. The lowest BCUT2D eigenvalue weighted by Crippen LogP contribution is -2.43. The van der Waals surface area contributed by atoms with E-state index >= 15 is 0 Å². The van der Waals surface area contributed by atoms with Crippen LogP contribution in [0.4, 0.5) is 22.4 Å². The predicted molar refractivity (Wildman–Crippen MR) is 246 cm³/mol. The number of allylic oxidation sites excluding steroid dienone is 2. The molecule has 0 unspecified atom stereocenters. The number of likely N-dealkylation sites (tertiary alicyclic amines) is 1. The van der Waals surface area contributed by atoms with E-state index in [1.807, 2.05) is 0 Å². The van der Waals surface area contributed by atoms with Crippen LogP contribution in [0.5, 0.6) is 5.88 Å². The number of halogens is 5. The van der Waals surface area contributed by atoms with Crippen LogP contribution in [0.2, 0.25) is 5.15 Å². The van der Waals surface area contributed by atoms with Gasteiger partial charge in [-0.25, -0.2) is 29.5 Å². The minimum absolute atomic E-state index is 0. The van der Waals surface area contributed by atoms with Gasteiger partial charge in [-0.2, -0.15) is 17.6 Å². The summed E-state index contributed by atoms with van der Waals surface area (Å²) in [6, 6.07) is 13.3. The van der Waals surface area contributed by atoms with Crippen molar-refractivity contribution in [3.8, 4) is 5.88 Å². The van der Waals surface area contributed by atoms with Crippen LogP contribution in [0.25, 0.3) is 22.1 Å². The standard InChI is InChI=1S/C22H25F2N3O5.C12H9ClF2N2.C6H15N.C6H10O3.CH4/c1-5-10-22(23,24)17-18(26-15-9-7-6-8-14(15)25-17)31-13-11-16(19(28)29)27(12-13)20(30)32-21(2,3)4;1-2-7-12(14,15)10-11(13)17-9-6-4-3-5-8(9)16-10;1-5(2)7-6(3)4;7-5-2-1-4(3-5)6(8)9;/h5-9,13,16H,1,10-12H2,2-4H3,(H,28,29);2-6H,1,7H2;5-7H,1-4H3;4-5,7H,1-3H2,(H,8,9);1H4/t13-,16+;;;4-,5-;/m1..0./s1. The van der Waals surface area contributed by atoms with Crippen molar-refractivity contribution in [2.75, 3.05) is 6.54 Å². The third-order valence-corrected chi connectivity index (χ3v) is 9.70. The van der Waals surface area contributed by atoms with E-state index in [0.29, 0.717) is 47.9 Å². The fraction of sp³-hybridized carbons (Fsp3) is 0.511. The molecule has 6 rings (SSSR count). The SMILES string of the molecule is C.C=CCC(F)(F)c1nc2ccccc2nc1Cl.C=CCC(F)(F)c1nc2ccccc2nc1O[C@@H]1C[C@@H](C(=O)O)N(C(=O)OC(C)(C)C)C1.CC(C)NC(C)C.O=C(O)[C@H]1CC[C@H](O)C1. The molecule has 1 amide bonds. The molecule has 1 saturated heterocycles. The Balaban J connectivity index is 0.000000363. The fourth-order valence-electron chi connectivity index (χ4n) is 6.72. The second-order valence-electron chi connectivity index (χ2n) is 17.1. The number of hydrogen-bond donors (Lipinski definition) is 4. The smallest absolute Gasteiger partial charge is 0.411 e. The number of carbonyl (C=O) groups is 3.